The van der Waals surface area contributed by atoms with Crippen LogP contribution in [0.3, 0.4) is 0 Å². The SMILES string of the molecule is COc1cccc2c1C(=O)c1c(O)c3c(c(O)c1C2=O)C[C@](O)(C(C)=O)C[C@H]3O[C@H]1O[C@@H](COC(C)=O)[C@@H](OC(C)=O)[C@@H](OC(C)=O)[C@H]1OC(C)=O. The van der Waals surface area contributed by atoms with Gasteiger partial charge in [-0.1, -0.05) is 12.1 Å². The number of carbonyl (C=O) groups excluding carboxylic acids is 7. The second-order valence-electron chi connectivity index (χ2n) is 12.5. The van der Waals surface area contributed by atoms with Crippen LogP contribution >= 0.6 is 0 Å². The molecule has 1 saturated heterocycles. The third-order valence-electron chi connectivity index (χ3n) is 8.98. The Morgan fingerprint density at radius 1 is 0.808 bits per heavy atom. The van der Waals surface area contributed by atoms with Crippen LogP contribution in [0.5, 0.6) is 17.2 Å². The molecule has 0 spiro atoms. The maximum absolute atomic E-state index is 14.0. The van der Waals surface area contributed by atoms with Crippen molar-refractivity contribution in [1.29, 1.82) is 0 Å². The minimum absolute atomic E-state index is 0.00867. The van der Waals surface area contributed by atoms with E-state index >= 15 is 0 Å². The third kappa shape index (κ3) is 6.81. The van der Waals surface area contributed by atoms with E-state index in [-0.39, 0.29) is 28.0 Å². The van der Waals surface area contributed by atoms with Crippen LogP contribution in [-0.2, 0) is 58.8 Å². The maximum atomic E-state index is 14.0. The van der Waals surface area contributed by atoms with E-state index < -0.39 is 126 Å². The highest BCUT2D eigenvalue weighted by molar-refractivity contribution is 6.31. The molecular formula is C35H36O17. The van der Waals surface area contributed by atoms with Gasteiger partial charge < -0.3 is 48.5 Å². The topological polar surface area (TPSA) is 245 Å². The van der Waals surface area contributed by atoms with Crippen molar-refractivity contribution in [3.63, 3.8) is 0 Å². The molecule has 1 aliphatic heterocycles. The van der Waals surface area contributed by atoms with E-state index in [1.54, 1.807) is 0 Å². The van der Waals surface area contributed by atoms with Crippen LogP contribution in [0.1, 0.15) is 90.1 Å². The summed E-state index contributed by atoms with van der Waals surface area (Å²) >= 11 is 0. The Kier molecular flexibility index (Phi) is 10.4. The molecule has 0 bridgehead atoms. The van der Waals surface area contributed by atoms with Crippen LogP contribution in [0.4, 0.5) is 0 Å². The van der Waals surface area contributed by atoms with Gasteiger partial charge in [-0.3, -0.25) is 33.6 Å². The van der Waals surface area contributed by atoms with E-state index in [1.807, 2.05) is 0 Å². The number of carbonyl (C=O) groups is 7. The minimum atomic E-state index is -2.29. The van der Waals surface area contributed by atoms with Crippen molar-refractivity contribution in [3.05, 3.63) is 51.6 Å². The van der Waals surface area contributed by atoms with Crippen molar-refractivity contribution in [2.24, 2.45) is 0 Å². The average Bonchev–Trinajstić information content (AvgIpc) is 3.05. The fourth-order valence-corrected chi connectivity index (χ4v) is 6.76. The Morgan fingerprint density at radius 3 is 1.98 bits per heavy atom. The number of fused-ring (bicyclic) bond motifs is 3. The molecule has 1 heterocycles. The summed E-state index contributed by atoms with van der Waals surface area (Å²) in [6.07, 6.45) is -11.2. The van der Waals surface area contributed by atoms with Gasteiger partial charge in [0.15, 0.2) is 36.2 Å². The van der Waals surface area contributed by atoms with E-state index in [2.05, 4.69) is 0 Å². The number of ether oxygens (including phenoxy) is 7. The first kappa shape index (κ1) is 37.9. The lowest BCUT2D eigenvalue weighted by atomic mass is 9.72. The molecule has 0 radical (unpaired) electrons. The number of hydrogen-bond acceptors (Lipinski definition) is 17. The molecule has 1 fully saturated rings. The van der Waals surface area contributed by atoms with Gasteiger partial charge in [-0.2, -0.15) is 0 Å². The first-order valence-corrected chi connectivity index (χ1v) is 16.0. The van der Waals surface area contributed by atoms with Gasteiger partial charge in [0.25, 0.3) is 0 Å². The van der Waals surface area contributed by atoms with Gasteiger partial charge in [0.2, 0.25) is 5.78 Å². The van der Waals surface area contributed by atoms with E-state index in [9.17, 15) is 48.9 Å². The summed E-state index contributed by atoms with van der Waals surface area (Å²) in [5.74, 6) is -7.72. The minimum Gasteiger partial charge on any atom is -0.507 e. The number of phenolic OH excluding ortho intramolecular Hbond substituents is 2. The first-order chi connectivity index (χ1) is 24.4. The van der Waals surface area contributed by atoms with E-state index in [0.717, 1.165) is 34.6 Å². The van der Waals surface area contributed by atoms with Crippen LogP contribution in [0.2, 0.25) is 0 Å². The van der Waals surface area contributed by atoms with Crippen LogP contribution in [0.25, 0.3) is 0 Å². The molecule has 52 heavy (non-hydrogen) atoms. The number of benzene rings is 2. The second-order valence-corrected chi connectivity index (χ2v) is 12.5. The molecule has 0 aromatic heterocycles. The standard InChI is InChI=1S/C35H36O17/c1-13(36)35(45)10-19-24(30(44)26-25(28(19)42)27(41)18-8-7-9-20(46-6)23(18)29(26)43)21(11-35)51-34-33(50-17(5)40)32(49-16(4)39)31(48-15(3)38)22(52-34)12-47-14(2)37/h7-9,21-22,31-34,42,44-45H,10-12H2,1-6H3/t21-,22+,31-,32-,33-,34+,35-/m1/s1. The van der Waals surface area contributed by atoms with E-state index in [0.29, 0.717) is 0 Å². The Morgan fingerprint density at radius 2 is 1.40 bits per heavy atom. The molecule has 2 aliphatic carbocycles. The molecule has 2 aromatic carbocycles. The number of ketones is 3. The molecule has 0 saturated carbocycles. The predicted octanol–water partition coefficient (Wildman–Crippen LogP) is 1.29. The summed E-state index contributed by atoms with van der Waals surface area (Å²) in [5.41, 5.74) is -4.45. The number of Topliss-reactive ketones (excluding diaryl/α,β-unsaturated/α-hetero) is 1. The van der Waals surface area contributed by atoms with Crippen molar-refractivity contribution < 1.29 is 82.0 Å². The molecule has 3 N–H and O–H groups in total. The van der Waals surface area contributed by atoms with Crippen molar-refractivity contribution in [3.8, 4) is 17.2 Å². The fourth-order valence-electron chi connectivity index (χ4n) is 6.76. The molecular weight excluding hydrogens is 692 g/mol. The lowest BCUT2D eigenvalue weighted by Gasteiger charge is -2.46. The van der Waals surface area contributed by atoms with Gasteiger partial charge in [0, 0.05) is 57.2 Å². The summed E-state index contributed by atoms with van der Waals surface area (Å²) in [6.45, 7) is 4.59. The Hall–Kier alpha value is -5.39. The summed E-state index contributed by atoms with van der Waals surface area (Å²) in [7, 11) is 1.27. The van der Waals surface area contributed by atoms with E-state index in [4.69, 9.17) is 33.2 Å². The van der Waals surface area contributed by atoms with Gasteiger partial charge in [0.1, 0.15) is 35.6 Å². The Balaban J connectivity index is 1.69. The fraction of sp³-hybridized carbons (Fsp3) is 0.457. The monoisotopic (exact) mass is 728 g/mol. The van der Waals surface area contributed by atoms with Crippen molar-refractivity contribution >= 4 is 41.2 Å². The number of rotatable bonds is 9. The number of aromatic hydroxyl groups is 2. The number of phenols is 2. The number of hydrogen-bond donors (Lipinski definition) is 3. The molecule has 0 amide bonds. The zero-order valence-electron chi connectivity index (χ0n) is 28.9. The molecule has 0 unspecified atom stereocenters. The van der Waals surface area contributed by atoms with Crippen molar-refractivity contribution in [2.45, 2.75) is 89.9 Å². The van der Waals surface area contributed by atoms with Crippen LogP contribution in [-0.4, -0.2) is 107 Å². The zero-order valence-corrected chi connectivity index (χ0v) is 28.9. The molecule has 2 aromatic rings. The smallest absolute Gasteiger partial charge is 0.303 e. The van der Waals surface area contributed by atoms with Crippen molar-refractivity contribution in [2.75, 3.05) is 13.7 Å². The molecule has 5 rings (SSSR count). The summed E-state index contributed by atoms with van der Waals surface area (Å²) in [6, 6.07) is 4.21. The largest absolute Gasteiger partial charge is 0.507 e. The molecule has 7 atom stereocenters. The zero-order chi connectivity index (χ0) is 38.4. The maximum Gasteiger partial charge on any atom is 0.303 e. The van der Waals surface area contributed by atoms with E-state index in [1.165, 1.54) is 25.3 Å². The first-order valence-electron chi connectivity index (χ1n) is 16.0. The lowest BCUT2D eigenvalue weighted by molar-refractivity contribution is -0.320. The number of esters is 4. The Bertz CT molecular complexity index is 1880. The molecule has 3 aliphatic rings. The van der Waals surface area contributed by atoms with Crippen molar-refractivity contribution in [1.82, 2.24) is 0 Å². The molecule has 278 valence electrons. The lowest BCUT2D eigenvalue weighted by Crippen LogP contribution is -2.63. The number of methoxy groups -OCH3 is 1. The summed E-state index contributed by atoms with van der Waals surface area (Å²) in [4.78, 5) is 89.3. The number of aliphatic hydroxyl groups is 1. The molecule has 17 heteroatoms. The van der Waals surface area contributed by atoms with Gasteiger partial charge in [-0.25, -0.2) is 0 Å². The van der Waals surface area contributed by atoms with Crippen LogP contribution < -0.4 is 4.74 Å². The second kappa shape index (κ2) is 14.3. The Labute approximate surface area is 295 Å². The normalized spacial score (nSPS) is 26.2. The van der Waals surface area contributed by atoms with Gasteiger partial charge in [-0.15, -0.1) is 0 Å². The average molecular weight is 729 g/mol. The third-order valence-corrected chi connectivity index (χ3v) is 8.98. The van der Waals surface area contributed by atoms with Gasteiger partial charge in [0.05, 0.1) is 29.9 Å². The summed E-state index contributed by atoms with van der Waals surface area (Å²) < 4.78 is 38.9. The van der Waals surface area contributed by atoms with Gasteiger partial charge in [-0.05, 0) is 13.0 Å². The quantitative estimate of drug-likeness (QED) is 0.160. The highest BCUT2D eigenvalue weighted by Gasteiger charge is 2.55. The highest BCUT2D eigenvalue weighted by atomic mass is 16.7. The summed E-state index contributed by atoms with van der Waals surface area (Å²) in [5, 5.41) is 35.0. The molecule has 17 nitrogen and oxygen atoms in total. The van der Waals surface area contributed by atoms with Gasteiger partial charge >= 0.3 is 23.9 Å². The van der Waals surface area contributed by atoms with Crippen LogP contribution in [0, 0.1) is 0 Å². The van der Waals surface area contributed by atoms with Crippen LogP contribution in [0.15, 0.2) is 18.2 Å². The highest BCUT2D eigenvalue weighted by Crippen LogP contribution is 2.52. The predicted molar refractivity (Wildman–Crippen MR) is 169 cm³/mol.